The second-order valence-corrected chi connectivity index (χ2v) is 7.26. The first kappa shape index (κ1) is 21.8. The van der Waals surface area contributed by atoms with Gasteiger partial charge >= 0.3 is 12.1 Å². The number of nitrogens with one attached hydrogen (secondary N) is 1. The van der Waals surface area contributed by atoms with Crippen LogP contribution in [-0.2, 0) is 0 Å². The zero-order valence-electron chi connectivity index (χ0n) is 17.5. The molecule has 3 aromatic rings. The highest BCUT2D eigenvalue weighted by Gasteiger charge is 2.24. The van der Waals surface area contributed by atoms with Crippen LogP contribution in [0.5, 0.6) is 5.88 Å². The van der Waals surface area contributed by atoms with E-state index < -0.39 is 12.1 Å². The van der Waals surface area contributed by atoms with Crippen molar-refractivity contribution in [1.82, 2.24) is 14.9 Å². The molecular formula is C23H21N5O5. The number of amides is 2. The van der Waals surface area contributed by atoms with Gasteiger partial charge in [-0.1, -0.05) is 18.2 Å². The molecule has 1 aliphatic heterocycles. The van der Waals surface area contributed by atoms with Crippen LogP contribution >= 0.6 is 0 Å². The third-order valence-electron chi connectivity index (χ3n) is 5.08. The van der Waals surface area contributed by atoms with Crippen molar-refractivity contribution in [2.75, 3.05) is 36.4 Å². The van der Waals surface area contributed by atoms with Crippen LogP contribution in [0, 0.1) is 0 Å². The minimum atomic E-state index is -1.03. The smallest absolute Gasteiger partial charge is 0.416 e. The number of carboxylic acids is 1. The van der Waals surface area contributed by atoms with Gasteiger partial charge in [0.2, 0.25) is 5.88 Å². The van der Waals surface area contributed by atoms with Crippen molar-refractivity contribution in [3.8, 4) is 5.88 Å². The Balaban J connectivity index is 1.27. The lowest BCUT2D eigenvalue weighted by molar-refractivity contribution is 0.0696. The van der Waals surface area contributed by atoms with Crippen LogP contribution in [-0.4, -0.2) is 64.1 Å². The highest BCUT2D eigenvalue weighted by atomic mass is 16.6. The van der Waals surface area contributed by atoms with Crippen LogP contribution in [0.1, 0.15) is 20.7 Å². The molecule has 2 amide bonds. The molecule has 0 unspecified atom stereocenters. The molecule has 1 fully saturated rings. The number of hydrogen-bond donors (Lipinski definition) is 2. The molecule has 0 aliphatic carbocycles. The largest absolute Gasteiger partial charge is 0.478 e. The molecule has 1 aliphatic rings. The predicted molar refractivity (Wildman–Crippen MR) is 120 cm³/mol. The lowest BCUT2D eigenvalue weighted by Crippen LogP contribution is -2.49. The summed E-state index contributed by atoms with van der Waals surface area (Å²) in [5, 5.41) is 11.7. The van der Waals surface area contributed by atoms with Crippen molar-refractivity contribution in [2.45, 2.75) is 0 Å². The van der Waals surface area contributed by atoms with E-state index in [-0.39, 0.29) is 17.4 Å². The number of carbonyl (C=O) groups is 3. The molecule has 10 heteroatoms. The van der Waals surface area contributed by atoms with Crippen molar-refractivity contribution in [2.24, 2.45) is 0 Å². The highest BCUT2D eigenvalue weighted by molar-refractivity contribution is 6.04. The Morgan fingerprint density at radius 1 is 0.848 bits per heavy atom. The highest BCUT2D eigenvalue weighted by Crippen LogP contribution is 2.17. The quantitative estimate of drug-likeness (QED) is 0.612. The van der Waals surface area contributed by atoms with Crippen LogP contribution in [0.2, 0.25) is 0 Å². The van der Waals surface area contributed by atoms with E-state index in [1.54, 1.807) is 41.3 Å². The second-order valence-electron chi connectivity index (χ2n) is 7.26. The van der Waals surface area contributed by atoms with Gasteiger partial charge in [-0.3, -0.25) is 4.79 Å². The molecule has 0 saturated carbocycles. The molecule has 2 aromatic heterocycles. The van der Waals surface area contributed by atoms with Gasteiger partial charge in [0.15, 0.2) is 0 Å². The fourth-order valence-electron chi connectivity index (χ4n) is 3.28. The summed E-state index contributed by atoms with van der Waals surface area (Å²) in [5.41, 5.74) is 1.14. The maximum absolute atomic E-state index is 12.5. The van der Waals surface area contributed by atoms with Crippen molar-refractivity contribution >= 4 is 29.5 Å². The van der Waals surface area contributed by atoms with E-state index in [2.05, 4.69) is 15.3 Å². The molecule has 0 bridgehead atoms. The molecule has 3 heterocycles. The van der Waals surface area contributed by atoms with E-state index in [1.807, 2.05) is 11.0 Å². The van der Waals surface area contributed by atoms with Gasteiger partial charge in [-0.05, 0) is 30.3 Å². The molecule has 1 aromatic carbocycles. The maximum Gasteiger partial charge on any atom is 0.416 e. The van der Waals surface area contributed by atoms with Gasteiger partial charge in [0.25, 0.3) is 5.91 Å². The van der Waals surface area contributed by atoms with Crippen LogP contribution in [0.15, 0.2) is 67.0 Å². The monoisotopic (exact) mass is 447 g/mol. The van der Waals surface area contributed by atoms with Crippen molar-refractivity contribution in [3.63, 3.8) is 0 Å². The van der Waals surface area contributed by atoms with Gasteiger partial charge in [-0.25, -0.2) is 19.6 Å². The van der Waals surface area contributed by atoms with Gasteiger partial charge in [0, 0.05) is 44.0 Å². The number of carboxylic acid groups (broad SMARTS) is 1. The van der Waals surface area contributed by atoms with Gasteiger partial charge < -0.3 is 25.0 Å². The average Bonchev–Trinajstić information content (AvgIpc) is 2.86. The van der Waals surface area contributed by atoms with E-state index >= 15 is 0 Å². The average molecular weight is 447 g/mol. The summed E-state index contributed by atoms with van der Waals surface area (Å²) in [6, 6.07) is 15.1. The Bertz CT molecular complexity index is 1130. The normalized spacial score (nSPS) is 13.3. The summed E-state index contributed by atoms with van der Waals surface area (Å²) < 4.78 is 5.35. The molecule has 1 saturated heterocycles. The van der Waals surface area contributed by atoms with Gasteiger partial charge in [-0.15, -0.1) is 0 Å². The van der Waals surface area contributed by atoms with E-state index in [0.717, 1.165) is 0 Å². The van der Waals surface area contributed by atoms with Gasteiger partial charge in [0.1, 0.15) is 5.82 Å². The summed E-state index contributed by atoms with van der Waals surface area (Å²) in [6.07, 6.45) is 2.22. The number of ether oxygens (including phenoxy) is 1. The fraction of sp³-hybridized carbons (Fsp3) is 0.174. The molecular weight excluding hydrogens is 426 g/mol. The number of nitrogens with zero attached hydrogens (tertiary/aromatic N) is 4. The third kappa shape index (κ3) is 5.42. The number of hydrogen-bond acceptors (Lipinski definition) is 7. The maximum atomic E-state index is 12.5. The number of pyridine rings is 2. The van der Waals surface area contributed by atoms with E-state index in [9.17, 15) is 14.4 Å². The first-order valence-electron chi connectivity index (χ1n) is 10.2. The molecule has 10 nitrogen and oxygen atoms in total. The van der Waals surface area contributed by atoms with Crippen molar-refractivity contribution in [1.29, 1.82) is 0 Å². The van der Waals surface area contributed by atoms with Crippen LogP contribution in [0.3, 0.4) is 0 Å². The van der Waals surface area contributed by atoms with E-state index in [4.69, 9.17) is 9.84 Å². The van der Waals surface area contributed by atoms with E-state index in [0.29, 0.717) is 43.2 Å². The number of aromatic carboxylic acids is 1. The van der Waals surface area contributed by atoms with Crippen LogP contribution < -0.4 is 15.0 Å². The summed E-state index contributed by atoms with van der Waals surface area (Å²) >= 11 is 0. The Morgan fingerprint density at radius 2 is 1.61 bits per heavy atom. The van der Waals surface area contributed by atoms with Gasteiger partial charge in [0.05, 0.1) is 17.4 Å². The number of carbonyl (C=O) groups excluding carboxylic acids is 2. The van der Waals surface area contributed by atoms with Crippen molar-refractivity contribution < 1.29 is 24.2 Å². The number of anilines is 2. The topological polar surface area (TPSA) is 125 Å². The zero-order chi connectivity index (χ0) is 23.2. The number of benzene rings is 1. The van der Waals surface area contributed by atoms with Crippen LogP contribution in [0.25, 0.3) is 0 Å². The lowest BCUT2D eigenvalue weighted by Gasteiger charge is -2.34. The first-order chi connectivity index (χ1) is 16.0. The molecule has 0 atom stereocenters. The molecule has 168 valence electrons. The summed E-state index contributed by atoms with van der Waals surface area (Å²) in [4.78, 5) is 47.4. The number of aromatic nitrogens is 2. The Kier molecular flexibility index (Phi) is 6.44. The minimum Gasteiger partial charge on any atom is -0.478 e. The first-order valence-corrected chi connectivity index (χ1v) is 10.2. The fourth-order valence-corrected chi connectivity index (χ4v) is 3.28. The van der Waals surface area contributed by atoms with E-state index in [1.165, 1.54) is 24.5 Å². The molecule has 2 N–H and O–H groups in total. The number of piperazine rings is 1. The molecule has 4 rings (SSSR count). The van der Waals surface area contributed by atoms with Crippen molar-refractivity contribution in [3.05, 3.63) is 78.1 Å². The zero-order valence-corrected chi connectivity index (χ0v) is 17.5. The number of rotatable bonds is 5. The minimum absolute atomic E-state index is 0.124. The standard InChI is InChI=1S/C23H21N5O5/c29-21(16-4-2-1-3-5-16)26-18-7-9-20(25-15-18)33-23(32)28-12-10-27(11-13-28)19-8-6-17(14-24-19)22(30)31/h1-9,14-15H,10-13H2,(H,26,29)(H,30,31). The molecule has 0 radical (unpaired) electrons. The Labute approximate surface area is 189 Å². The Hall–Kier alpha value is -4.47. The second kappa shape index (κ2) is 9.77. The van der Waals surface area contributed by atoms with Crippen LogP contribution in [0.4, 0.5) is 16.3 Å². The summed E-state index contributed by atoms with van der Waals surface area (Å²) in [7, 11) is 0. The summed E-state index contributed by atoms with van der Waals surface area (Å²) in [5.74, 6) is -0.497. The SMILES string of the molecule is O=C(O)c1ccc(N2CCN(C(=O)Oc3ccc(NC(=O)c4ccccc4)cn3)CC2)nc1. The molecule has 0 spiro atoms. The lowest BCUT2D eigenvalue weighted by atomic mass is 10.2. The predicted octanol–water partition coefficient (Wildman–Crippen LogP) is 2.75. The summed E-state index contributed by atoms with van der Waals surface area (Å²) in [6.45, 7) is 1.91. The Morgan fingerprint density at radius 3 is 2.21 bits per heavy atom. The third-order valence-corrected chi connectivity index (χ3v) is 5.08. The molecule has 33 heavy (non-hydrogen) atoms. The van der Waals surface area contributed by atoms with Gasteiger partial charge in [-0.2, -0.15) is 0 Å².